The van der Waals surface area contributed by atoms with Gasteiger partial charge >= 0.3 is 6.09 Å². The van der Waals surface area contributed by atoms with E-state index in [1.165, 1.54) is 0 Å². The zero-order valence-electron chi connectivity index (χ0n) is 14.2. The van der Waals surface area contributed by atoms with Crippen molar-refractivity contribution in [1.29, 1.82) is 0 Å². The lowest BCUT2D eigenvalue weighted by molar-refractivity contribution is -0.174. The molecule has 140 valence electrons. The third-order valence-electron chi connectivity index (χ3n) is 4.29. The number of ether oxygens (including phenoxy) is 2. The lowest BCUT2D eigenvalue weighted by atomic mass is 9.77. The number of aliphatic hydroxyl groups excluding tert-OH is 1. The van der Waals surface area contributed by atoms with Gasteiger partial charge in [0.1, 0.15) is 22.8 Å². The Morgan fingerprint density at radius 2 is 2.16 bits per heavy atom. The number of amides is 1. The molecular formula is C17H23F2NO5. The quantitative estimate of drug-likeness (QED) is 0.747. The molecule has 0 radical (unpaired) electrons. The Balaban J connectivity index is 2.33. The van der Waals surface area contributed by atoms with Crippen molar-refractivity contribution in [1.82, 2.24) is 0 Å². The summed E-state index contributed by atoms with van der Waals surface area (Å²) in [5.41, 5.74) is 2.55. The van der Waals surface area contributed by atoms with Crippen molar-refractivity contribution in [3.05, 3.63) is 35.4 Å². The number of carbonyl (C=O) groups excluding carboxylic acids is 1. The maximum atomic E-state index is 14.2. The number of hydrogen-bond donors (Lipinski definition) is 3. The highest BCUT2D eigenvalue weighted by Gasteiger charge is 2.44. The Labute approximate surface area is 144 Å². The van der Waals surface area contributed by atoms with Crippen LogP contribution in [0.4, 0.5) is 13.6 Å². The zero-order chi connectivity index (χ0) is 18.8. The summed E-state index contributed by atoms with van der Waals surface area (Å²) >= 11 is 0. The van der Waals surface area contributed by atoms with Gasteiger partial charge in [0.15, 0.2) is 0 Å². The van der Waals surface area contributed by atoms with Crippen LogP contribution in [0.25, 0.3) is 0 Å². The van der Waals surface area contributed by atoms with Gasteiger partial charge in [-0.25, -0.2) is 13.6 Å². The number of hydrogen-bond acceptors (Lipinski definition) is 5. The van der Waals surface area contributed by atoms with Gasteiger partial charge < -0.3 is 25.4 Å². The van der Waals surface area contributed by atoms with E-state index < -0.39 is 47.6 Å². The van der Waals surface area contributed by atoms with Crippen LogP contribution in [0.3, 0.4) is 0 Å². The molecule has 1 aliphatic heterocycles. The van der Waals surface area contributed by atoms with E-state index in [1.54, 1.807) is 13.8 Å². The van der Waals surface area contributed by atoms with Gasteiger partial charge in [0, 0.05) is 5.56 Å². The maximum absolute atomic E-state index is 14.2. The first-order valence-electron chi connectivity index (χ1n) is 7.93. The summed E-state index contributed by atoms with van der Waals surface area (Å²) in [7, 11) is 0. The first kappa shape index (κ1) is 19.6. The van der Waals surface area contributed by atoms with Crippen LogP contribution in [0.5, 0.6) is 0 Å². The van der Waals surface area contributed by atoms with Crippen molar-refractivity contribution in [2.45, 2.75) is 44.0 Å². The summed E-state index contributed by atoms with van der Waals surface area (Å²) in [6, 6.07) is 3.04. The zero-order valence-corrected chi connectivity index (χ0v) is 14.2. The lowest BCUT2D eigenvalue weighted by Gasteiger charge is -2.43. The fourth-order valence-electron chi connectivity index (χ4n) is 3.35. The fourth-order valence-corrected chi connectivity index (χ4v) is 3.35. The highest BCUT2D eigenvalue weighted by Crippen LogP contribution is 2.43. The summed E-state index contributed by atoms with van der Waals surface area (Å²) in [5, 5.41) is 19.7. The predicted molar refractivity (Wildman–Crippen MR) is 84.6 cm³/mol. The Morgan fingerprint density at radius 3 is 2.76 bits per heavy atom. The Bertz CT molecular complexity index is 639. The van der Waals surface area contributed by atoms with E-state index in [1.807, 2.05) is 0 Å². The van der Waals surface area contributed by atoms with Gasteiger partial charge in [-0.2, -0.15) is 0 Å². The third kappa shape index (κ3) is 4.87. The summed E-state index contributed by atoms with van der Waals surface area (Å²) < 4.78 is 38.4. The minimum absolute atomic E-state index is 0.0138. The van der Waals surface area contributed by atoms with E-state index in [9.17, 15) is 23.8 Å². The first-order chi connectivity index (χ1) is 11.6. The second-order valence-electron chi connectivity index (χ2n) is 7.13. The van der Waals surface area contributed by atoms with Crippen LogP contribution < -0.4 is 5.73 Å². The molecule has 0 saturated carbocycles. The topological polar surface area (TPSA) is 102 Å². The molecule has 1 aromatic rings. The van der Waals surface area contributed by atoms with Crippen molar-refractivity contribution in [3.63, 3.8) is 0 Å². The molecule has 8 heteroatoms. The Morgan fingerprint density at radius 1 is 1.48 bits per heavy atom. The molecule has 0 aromatic heterocycles. The number of rotatable bonds is 5. The Hall–Kier alpha value is -1.77. The SMILES string of the molecule is CC(C)(C[C@@H]1CC(O)(CO)CO[C@H]1c1cc(F)ccc1F)OC(N)=O. The fraction of sp³-hybridized carbons (Fsp3) is 0.588. The number of carbonyl (C=O) groups is 1. The number of benzene rings is 1. The van der Waals surface area contributed by atoms with Crippen LogP contribution in [0.1, 0.15) is 38.4 Å². The van der Waals surface area contributed by atoms with Crippen LogP contribution in [0.15, 0.2) is 18.2 Å². The van der Waals surface area contributed by atoms with E-state index in [2.05, 4.69) is 0 Å². The first-order valence-corrected chi connectivity index (χ1v) is 7.93. The predicted octanol–water partition coefficient (Wildman–Crippen LogP) is 2.03. The average molecular weight is 359 g/mol. The van der Waals surface area contributed by atoms with Gasteiger partial charge in [-0.1, -0.05) is 0 Å². The van der Waals surface area contributed by atoms with E-state index in [-0.39, 0.29) is 25.0 Å². The smallest absolute Gasteiger partial charge is 0.405 e. The highest BCUT2D eigenvalue weighted by atomic mass is 19.1. The van der Waals surface area contributed by atoms with Gasteiger partial charge in [0.2, 0.25) is 0 Å². The second-order valence-corrected chi connectivity index (χ2v) is 7.13. The van der Waals surface area contributed by atoms with Gasteiger partial charge in [0.25, 0.3) is 0 Å². The lowest BCUT2D eigenvalue weighted by Crippen LogP contribution is -2.48. The van der Waals surface area contributed by atoms with Crippen LogP contribution in [-0.4, -0.2) is 40.7 Å². The summed E-state index contributed by atoms with van der Waals surface area (Å²) in [5.74, 6) is -1.80. The molecule has 1 fully saturated rings. The van der Waals surface area contributed by atoms with Gasteiger partial charge in [-0.15, -0.1) is 0 Å². The van der Waals surface area contributed by atoms with Gasteiger partial charge in [0.05, 0.1) is 19.3 Å². The third-order valence-corrected chi connectivity index (χ3v) is 4.29. The minimum Gasteiger partial charge on any atom is -0.444 e. The van der Waals surface area contributed by atoms with E-state index in [0.717, 1.165) is 18.2 Å². The largest absolute Gasteiger partial charge is 0.444 e. The molecule has 1 saturated heterocycles. The maximum Gasteiger partial charge on any atom is 0.405 e. The van der Waals surface area contributed by atoms with Crippen LogP contribution in [0, 0.1) is 17.6 Å². The minimum atomic E-state index is -1.51. The summed E-state index contributed by atoms with van der Waals surface area (Å²) in [6.07, 6.45) is -1.60. The van der Waals surface area contributed by atoms with Crippen molar-refractivity contribution in [3.8, 4) is 0 Å². The number of halogens is 2. The Kier molecular flexibility index (Phi) is 5.65. The molecule has 0 bridgehead atoms. The van der Waals surface area contributed by atoms with E-state index >= 15 is 0 Å². The molecule has 1 amide bonds. The molecule has 25 heavy (non-hydrogen) atoms. The number of aliphatic hydroxyl groups is 2. The van der Waals surface area contributed by atoms with Gasteiger partial charge in [-0.3, -0.25) is 0 Å². The molecular weight excluding hydrogens is 336 g/mol. The normalized spacial score (nSPS) is 27.1. The molecule has 1 unspecified atom stereocenters. The van der Waals surface area contributed by atoms with Crippen molar-refractivity contribution in [2.75, 3.05) is 13.2 Å². The van der Waals surface area contributed by atoms with Gasteiger partial charge in [-0.05, 0) is 50.8 Å². The highest BCUT2D eigenvalue weighted by molar-refractivity contribution is 5.65. The molecule has 3 atom stereocenters. The van der Waals surface area contributed by atoms with Crippen molar-refractivity contribution in [2.24, 2.45) is 11.7 Å². The molecule has 1 aromatic carbocycles. The van der Waals surface area contributed by atoms with E-state index in [4.69, 9.17) is 15.2 Å². The summed E-state index contributed by atoms with van der Waals surface area (Å²) in [4.78, 5) is 11.1. The molecule has 2 rings (SSSR count). The number of nitrogens with two attached hydrogens (primary N) is 1. The second kappa shape index (κ2) is 7.23. The number of primary amides is 1. The monoisotopic (exact) mass is 359 g/mol. The van der Waals surface area contributed by atoms with Crippen molar-refractivity contribution >= 4 is 6.09 Å². The molecule has 1 aliphatic rings. The molecule has 0 aliphatic carbocycles. The standard InChI is InChI=1S/C17H23F2NO5/c1-16(2,25-15(20)22)6-10-7-17(23,8-21)9-24-14(10)12-5-11(18)3-4-13(12)19/h3-5,10,14,21,23H,6-9H2,1-2H3,(H2,20,22)/t10-,14-,17?/m1/s1. The molecule has 4 N–H and O–H groups in total. The van der Waals surface area contributed by atoms with Crippen LogP contribution in [0.2, 0.25) is 0 Å². The summed E-state index contributed by atoms with van der Waals surface area (Å²) in [6.45, 7) is 2.46. The van der Waals surface area contributed by atoms with Crippen molar-refractivity contribution < 1.29 is 33.3 Å². The molecule has 0 spiro atoms. The molecule has 1 heterocycles. The van der Waals surface area contributed by atoms with Crippen LogP contribution >= 0.6 is 0 Å². The van der Waals surface area contributed by atoms with Crippen LogP contribution in [-0.2, 0) is 9.47 Å². The average Bonchev–Trinajstić information content (AvgIpc) is 2.48. The molecule has 6 nitrogen and oxygen atoms in total. The van der Waals surface area contributed by atoms with E-state index in [0.29, 0.717) is 0 Å².